The lowest BCUT2D eigenvalue weighted by molar-refractivity contribution is -0.142. The number of furan rings is 1. The van der Waals surface area contributed by atoms with Crippen molar-refractivity contribution in [2.45, 2.75) is 12.8 Å². The second-order valence-corrected chi connectivity index (χ2v) is 6.06. The number of halogens is 1. The summed E-state index contributed by atoms with van der Waals surface area (Å²) in [4.78, 5) is 24.1. The molecule has 0 atom stereocenters. The molecule has 0 N–H and O–H groups in total. The molecule has 0 saturated heterocycles. The van der Waals surface area contributed by atoms with Crippen molar-refractivity contribution in [3.05, 3.63) is 77.8 Å². The molecule has 3 rings (SSSR count). The number of hydrogen-bond donors (Lipinski definition) is 0. The van der Waals surface area contributed by atoms with Gasteiger partial charge in [-0.1, -0.05) is 30.3 Å². The first-order valence-corrected chi connectivity index (χ1v) is 8.73. The van der Waals surface area contributed by atoms with Crippen LogP contribution in [0.4, 0.5) is 4.39 Å². The summed E-state index contributed by atoms with van der Waals surface area (Å²) in [6.07, 6.45) is 0.415. The fourth-order valence-corrected chi connectivity index (χ4v) is 2.69. The Hall–Kier alpha value is -3.41. The normalized spacial score (nSPS) is 10.5. The van der Waals surface area contributed by atoms with E-state index in [1.54, 1.807) is 6.07 Å². The molecule has 0 radical (unpaired) electrons. The summed E-state index contributed by atoms with van der Waals surface area (Å²) in [6, 6.07) is 16.9. The predicted molar refractivity (Wildman–Crippen MR) is 101 cm³/mol. The zero-order chi connectivity index (χ0) is 19.9. The van der Waals surface area contributed by atoms with Crippen molar-refractivity contribution in [2.24, 2.45) is 0 Å². The molecule has 1 aromatic heterocycles. The SMILES string of the molecule is COc1ccc(F)cc1C(=O)COC(=O)CCc1ccc(-c2ccccc2)o1. The first kappa shape index (κ1) is 19.4. The van der Waals surface area contributed by atoms with Crippen molar-refractivity contribution in [1.29, 1.82) is 0 Å². The van der Waals surface area contributed by atoms with Crippen molar-refractivity contribution < 1.29 is 27.9 Å². The van der Waals surface area contributed by atoms with Gasteiger partial charge in [-0.3, -0.25) is 9.59 Å². The highest BCUT2D eigenvalue weighted by Gasteiger charge is 2.16. The minimum atomic E-state index is -0.567. The topological polar surface area (TPSA) is 65.7 Å². The van der Waals surface area contributed by atoms with Gasteiger partial charge in [0.25, 0.3) is 0 Å². The van der Waals surface area contributed by atoms with Crippen molar-refractivity contribution in [3.8, 4) is 17.1 Å². The number of esters is 1. The lowest BCUT2D eigenvalue weighted by atomic mass is 10.1. The van der Waals surface area contributed by atoms with Gasteiger partial charge in [0.05, 0.1) is 19.1 Å². The number of Topliss-reactive ketones (excluding diaryl/α,β-unsaturated/α-hetero) is 1. The predicted octanol–water partition coefficient (Wildman–Crippen LogP) is 4.45. The maximum absolute atomic E-state index is 13.3. The van der Waals surface area contributed by atoms with Gasteiger partial charge < -0.3 is 13.9 Å². The van der Waals surface area contributed by atoms with Crippen LogP contribution in [0.2, 0.25) is 0 Å². The molecule has 0 saturated carbocycles. The van der Waals surface area contributed by atoms with Crippen LogP contribution < -0.4 is 4.74 Å². The van der Waals surface area contributed by atoms with Gasteiger partial charge in [-0.15, -0.1) is 0 Å². The quantitative estimate of drug-likeness (QED) is 0.425. The van der Waals surface area contributed by atoms with E-state index in [0.29, 0.717) is 12.2 Å². The maximum atomic E-state index is 13.3. The van der Waals surface area contributed by atoms with E-state index in [2.05, 4.69) is 0 Å². The van der Waals surface area contributed by atoms with Gasteiger partial charge >= 0.3 is 5.97 Å². The van der Waals surface area contributed by atoms with E-state index in [9.17, 15) is 14.0 Å². The van der Waals surface area contributed by atoms with E-state index in [4.69, 9.17) is 13.9 Å². The first-order valence-electron chi connectivity index (χ1n) is 8.73. The Morgan fingerprint density at radius 1 is 1.04 bits per heavy atom. The maximum Gasteiger partial charge on any atom is 0.306 e. The number of carbonyl (C=O) groups is 2. The van der Waals surface area contributed by atoms with Crippen LogP contribution in [0.25, 0.3) is 11.3 Å². The molecular formula is C22H19FO5. The summed E-state index contributed by atoms with van der Waals surface area (Å²) in [6.45, 7) is -0.480. The molecule has 5 nitrogen and oxygen atoms in total. The molecule has 0 bridgehead atoms. The van der Waals surface area contributed by atoms with Crippen molar-refractivity contribution in [2.75, 3.05) is 13.7 Å². The summed E-state index contributed by atoms with van der Waals surface area (Å²) >= 11 is 0. The molecule has 0 spiro atoms. The Balaban J connectivity index is 1.51. The Morgan fingerprint density at radius 3 is 2.57 bits per heavy atom. The first-order chi connectivity index (χ1) is 13.6. The number of carbonyl (C=O) groups excluding carboxylic acids is 2. The highest BCUT2D eigenvalue weighted by Crippen LogP contribution is 2.23. The largest absolute Gasteiger partial charge is 0.496 e. The van der Waals surface area contributed by atoms with Crippen LogP contribution in [0.5, 0.6) is 5.75 Å². The molecule has 3 aromatic rings. The number of aryl methyl sites for hydroxylation is 1. The lowest BCUT2D eigenvalue weighted by Crippen LogP contribution is -2.15. The second-order valence-electron chi connectivity index (χ2n) is 6.06. The Morgan fingerprint density at radius 2 is 1.82 bits per heavy atom. The molecular weight excluding hydrogens is 363 g/mol. The molecule has 0 fully saturated rings. The number of hydrogen-bond acceptors (Lipinski definition) is 5. The van der Waals surface area contributed by atoms with Crippen LogP contribution in [0.15, 0.2) is 65.1 Å². The third-order valence-corrected chi connectivity index (χ3v) is 4.12. The smallest absolute Gasteiger partial charge is 0.306 e. The molecule has 144 valence electrons. The monoisotopic (exact) mass is 382 g/mol. The van der Waals surface area contributed by atoms with Crippen LogP contribution in [0.3, 0.4) is 0 Å². The zero-order valence-electron chi connectivity index (χ0n) is 15.3. The van der Waals surface area contributed by atoms with Crippen molar-refractivity contribution >= 4 is 11.8 Å². The van der Waals surface area contributed by atoms with Gasteiger partial charge in [0.15, 0.2) is 6.61 Å². The summed E-state index contributed by atoms with van der Waals surface area (Å²) in [5.41, 5.74) is 0.986. The molecule has 0 amide bonds. The molecule has 0 unspecified atom stereocenters. The number of ketones is 1. The Bertz CT molecular complexity index is 962. The van der Waals surface area contributed by atoms with E-state index >= 15 is 0 Å². The van der Waals surface area contributed by atoms with Crippen LogP contribution in [-0.4, -0.2) is 25.5 Å². The Labute approximate surface area is 161 Å². The molecule has 0 aliphatic heterocycles. The van der Waals surface area contributed by atoms with Crippen LogP contribution in [0, 0.1) is 5.82 Å². The summed E-state index contributed by atoms with van der Waals surface area (Å²) < 4.78 is 29.1. The van der Waals surface area contributed by atoms with E-state index in [1.807, 2.05) is 36.4 Å². The van der Waals surface area contributed by atoms with Gasteiger partial charge in [-0.05, 0) is 30.3 Å². The molecule has 28 heavy (non-hydrogen) atoms. The molecule has 0 aliphatic rings. The third-order valence-electron chi connectivity index (χ3n) is 4.12. The highest BCUT2D eigenvalue weighted by molar-refractivity contribution is 6.00. The fourth-order valence-electron chi connectivity index (χ4n) is 2.69. The van der Waals surface area contributed by atoms with Gasteiger partial charge in [-0.2, -0.15) is 0 Å². The van der Waals surface area contributed by atoms with Crippen LogP contribution in [-0.2, 0) is 16.0 Å². The van der Waals surface area contributed by atoms with Crippen LogP contribution in [0.1, 0.15) is 22.5 Å². The number of benzene rings is 2. The lowest BCUT2D eigenvalue weighted by Gasteiger charge is -2.08. The van der Waals surface area contributed by atoms with E-state index in [1.165, 1.54) is 19.2 Å². The van der Waals surface area contributed by atoms with Gasteiger partial charge in [0.2, 0.25) is 5.78 Å². The van der Waals surface area contributed by atoms with E-state index in [-0.39, 0.29) is 17.7 Å². The number of methoxy groups -OCH3 is 1. The third kappa shape index (κ3) is 4.85. The Kier molecular flexibility index (Phi) is 6.22. The number of rotatable bonds is 8. The van der Waals surface area contributed by atoms with Crippen LogP contribution >= 0.6 is 0 Å². The minimum Gasteiger partial charge on any atom is -0.496 e. The number of ether oxygens (including phenoxy) is 2. The van der Waals surface area contributed by atoms with Gasteiger partial charge in [0.1, 0.15) is 23.1 Å². The molecule has 0 aliphatic carbocycles. The second kappa shape index (κ2) is 8.99. The van der Waals surface area contributed by atoms with Gasteiger partial charge in [0, 0.05) is 12.0 Å². The van der Waals surface area contributed by atoms with E-state index in [0.717, 1.165) is 17.4 Å². The van der Waals surface area contributed by atoms with Gasteiger partial charge in [-0.25, -0.2) is 4.39 Å². The fraction of sp³-hybridized carbons (Fsp3) is 0.182. The molecule has 1 heterocycles. The summed E-state index contributed by atoms with van der Waals surface area (Å²) in [5, 5.41) is 0. The average Bonchev–Trinajstić information content (AvgIpc) is 3.20. The summed E-state index contributed by atoms with van der Waals surface area (Å²) in [5.74, 6) is -0.0456. The van der Waals surface area contributed by atoms with E-state index < -0.39 is 24.2 Å². The summed E-state index contributed by atoms with van der Waals surface area (Å²) in [7, 11) is 1.38. The molecule has 2 aromatic carbocycles. The zero-order valence-corrected chi connectivity index (χ0v) is 15.3. The van der Waals surface area contributed by atoms with Crippen molar-refractivity contribution in [1.82, 2.24) is 0 Å². The standard InChI is InChI=1S/C22H19FO5/c1-26-21-10-7-16(23)13-18(21)19(24)14-27-22(25)12-9-17-8-11-20(28-17)15-5-3-2-4-6-15/h2-8,10-11,13H,9,12,14H2,1H3. The molecule has 6 heteroatoms. The minimum absolute atomic E-state index is 0.0360. The highest BCUT2D eigenvalue weighted by atomic mass is 19.1. The average molecular weight is 382 g/mol. The van der Waals surface area contributed by atoms with Crippen molar-refractivity contribution in [3.63, 3.8) is 0 Å².